The number of carboxylic acids is 1. The second kappa shape index (κ2) is 4.31. The van der Waals surface area contributed by atoms with Gasteiger partial charge in [0.05, 0.1) is 5.02 Å². The number of ether oxygens (including phenoxy) is 1. The second-order valence-corrected chi connectivity index (χ2v) is 4.17. The van der Waals surface area contributed by atoms with Gasteiger partial charge in [-0.3, -0.25) is 0 Å². The minimum absolute atomic E-state index is 0.299. The summed E-state index contributed by atoms with van der Waals surface area (Å²) < 4.78 is 5.56. The minimum Gasteiger partial charge on any atom is -0.478 e. The molecule has 1 aromatic rings. The summed E-state index contributed by atoms with van der Waals surface area (Å²) in [4.78, 5) is 11.2. The number of hydrogen-bond acceptors (Lipinski definition) is 3. The predicted octanol–water partition coefficient (Wildman–Crippen LogP) is 1.54. The number of para-hydroxylation sites is 1. The van der Waals surface area contributed by atoms with E-state index in [0.717, 1.165) is 0 Å². The van der Waals surface area contributed by atoms with Gasteiger partial charge in [0.2, 0.25) is 5.60 Å². The molecule has 0 spiro atoms. The van der Waals surface area contributed by atoms with Gasteiger partial charge in [0.1, 0.15) is 5.75 Å². The zero-order chi connectivity index (χ0) is 11.6. The van der Waals surface area contributed by atoms with Crippen molar-refractivity contribution in [2.24, 2.45) is 0 Å². The third-order valence-corrected chi connectivity index (χ3v) is 2.96. The summed E-state index contributed by atoms with van der Waals surface area (Å²) >= 11 is 5.93. The maximum Gasteiger partial charge on any atom is 0.349 e. The molecule has 0 radical (unpaired) electrons. The standard InChI is InChI=1S/C11H12ClNO3/c12-8-3-1-2-4-9(8)16-11(10(14)15)5-6-13-7-11/h1-4,13H,5-7H2,(H,14,15). The smallest absolute Gasteiger partial charge is 0.349 e. The number of benzene rings is 1. The van der Waals surface area contributed by atoms with Crippen LogP contribution in [0.4, 0.5) is 0 Å². The molecule has 1 heterocycles. The SMILES string of the molecule is O=C(O)C1(Oc2ccccc2Cl)CCNC1. The van der Waals surface area contributed by atoms with Gasteiger partial charge < -0.3 is 15.2 Å². The van der Waals surface area contributed by atoms with Gasteiger partial charge in [-0.05, 0) is 18.7 Å². The number of hydrogen-bond donors (Lipinski definition) is 2. The van der Waals surface area contributed by atoms with Gasteiger partial charge in [-0.15, -0.1) is 0 Å². The quantitative estimate of drug-likeness (QED) is 0.843. The molecule has 1 unspecified atom stereocenters. The van der Waals surface area contributed by atoms with Crippen molar-refractivity contribution in [1.29, 1.82) is 0 Å². The van der Waals surface area contributed by atoms with Gasteiger partial charge >= 0.3 is 5.97 Å². The Balaban J connectivity index is 2.25. The lowest BCUT2D eigenvalue weighted by atomic mass is 10.0. The Kier molecular flexibility index (Phi) is 3.03. The van der Waals surface area contributed by atoms with Gasteiger partial charge in [-0.25, -0.2) is 4.79 Å². The van der Waals surface area contributed by atoms with Crippen molar-refractivity contribution >= 4 is 17.6 Å². The van der Waals surface area contributed by atoms with Crippen LogP contribution in [0, 0.1) is 0 Å². The fourth-order valence-corrected chi connectivity index (χ4v) is 1.89. The molecule has 1 saturated heterocycles. The van der Waals surface area contributed by atoms with Crippen molar-refractivity contribution < 1.29 is 14.6 Å². The Morgan fingerprint density at radius 1 is 1.50 bits per heavy atom. The van der Waals surface area contributed by atoms with Gasteiger partial charge in [0, 0.05) is 13.0 Å². The zero-order valence-corrected chi connectivity index (χ0v) is 9.33. The van der Waals surface area contributed by atoms with Crippen molar-refractivity contribution in [1.82, 2.24) is 5.32 Å². The summed E-state index contributed by atoms with van der Waals surface area (Å²) in [6.45, 7) is 0.935. The van der Waals surface area contributed by atoms with E-state index < -0.39 is 11.6 Å². The van der Waals surface area contributed by atoms with Crippen molar-refractivity contribution in [3.05, 3.63) is 29.3 Å². The van der Waals surface area contributed by atoms with E-state index in [1.807, 2.05) is 0 Å². The van der Waals surface area contributed by atoms with Crippen LogP contribution >= 0.6 is 11.6 Å². The van der Waals surface area contributed by atoms with E-state index in [1.54, 1.807) is 24.3 Å². The van der Waals surface area contributed by atoms with Gasteiger partial charge in [0.15, 0.2) is 0 Å². The van der Waals surface area contributed by atoms with Crippen LogP contribution in [0.5, 0.6) is 5.75 Å². The molecule has 1 aromatic carbocycles. The third-order valence-electron chi connectivity index (χ3n) is 2.65. The summed E-state index contributed by atoms with van der Waals surface area (Å²) in [5.41, 5.74) is -1.19. The summed E-state index contributed by atoms with van der Waals surface area (Å²) in [7, 11) is 0. The Morgan fingerprint density at radius 3 is 2.81 bits per heavy atom. The molecule has 0 amide bonds. The van der Waals surface area contributed by atoms with Crippen LogP contribution in [0.25, 0.3) is 0 Å². The Morgan fingerprint density at radius 2 is 2.25 bits per heavy atom. The molecule has 16 heavy (non-hydrogen) atoms. The van der Waals surface area contributed by atoms with E-state index in [-0.39, 0.29) is 0 Å². The van der Waals surface area contributed by atoms with Crippen molar-refractivity contribution in [2.45, 2.75) is 12.0 Å². The fourth-order valence-electron chi connectivity index (χ4n) is 1.72. The number of halogens is 1. The number of rotatable bonds is 3. The van der Waals surface area contributed by atoms with Gasteiger partial charge in [-0.2, -0.15) is 0 Å². The van der Waals surface area contributed by atoms with Crippen molar-refractivity contribution in [3.8, 4) is 5.75 Å². The largest absolute Gasteiger partial charge is 0.478 e. The van der Waals surface area contributed by atoms with Crippen LogP contribution < -0.4 is 10.1 Å². The van der Waals surface area contributed by atoms with Crippen LogP contribution in [-0.2, 0) is 4.79 Å². The van der Waals surface area contributed by atoms with Crippen molar-refractivity contribution in [3.63, 3.8) is 0 Å². The Bertz CT molecular complexity index is 402. The second-order valence-electron chi connectivity index (χ2n) is 3.76. The Hall–Kier alpha value is -1.26. The molecule has 1 atom stereocenters. The number of nitrogens with one attached hydrogen (secondary N) is 1. The normalized spacial score (nSPS) is 24.3. The summed E-state index contributed by atoms with van der Waals surface area (Å²) in [5.74, 6) is -0.548. The lowest BCUT2D eigenvalue weighted by molar-refractivity contribution is -0.153. The summed E-state index contributed by atoms with van der Waals surface area (Å²) in [6.07, 6.45) is 0.438. The number of aliphatic carboxylic acids is 1. The topological polar surface area (TPSA) is 58.6 Å². The fraction of sp³-hybridized carbons (Fsp3) is 0.364. The van der Waals surface area contributed by atoms with Gasteiger partial charge in [0.25, 0.3) is 0 Å². The lowest BCUT2D eigenvalue weighted by Gasteiger charge is -2.25. The van der Waals surface area contributed by atoms with E-state index in [4.69, 9.17) is 16.3 Å². The molecule has 0 saturated carbocycles. The highest BCUT2D eigenvalue weighted by Gasteiger charge is 2.44. The molecule has 0 aliphatic carbocycles. The number of carboxylic acid groups (broad SMARTS) is 1. The molecule has 1 aliphatic heterocycles. The summed E-state index contributed by atoms with van der Waals surface area (Å²) in [6, 6.07) is 6.88. The molecule has 1 fully saturated rings. The Labute approximate surface area is 98.2 Å². The highest BCUT2D eigenvalue weighted by Crippen LogP contribution is 2.30. The molecular weight excluding hydrogens is 230 g/mol. The van der Waals surface area contributed by atoms with E-state index in [0.29, 0.717) is 30.3 Å². The molecule has 0 aromatic heterocycles. The van der Waals surface area contributed by atoms with E-state index in [1.165, 1.54) is 0 Å². The molecule has 5 heteroatoms. The first-order valence-electron chi connectivity index (χ1n) is 5.02. The van der Waals surface area contributed by atoms with E-state index >= 15 is 0 Å². The molecular formula is C11H12ClNO3. The predicted molar refractivity (Wildman–Crippen MR) is 59.9 cm³/mol. The molecule has 2 rings (SSSR count). The average Bonchev–Trinajstić information content (AvgIpc) is 2.71. The number of carbonyl (C=O) groups is 1. The zero-order valence-electron chi connectivity index (χ0n) is 8.57. The highest BCUT2D eigenvalue weighted by molar-refractivity contribution is 6.32. The monoisotopic (exact) mass is 241 g/mol. The summed E-state index contributed by atoms with van der Waals surface area (Å²) in [5, 5.41) is 12.6. The maximum absolute atomic E-state index is 11.2. The first kappa shape index (κ1) is 11.2. The van der Waals surface area contributed by atoms with Crippen LogP contribution in [0.1, 0.15) is 6.42 Å². The van der Waals surface area contributed by atoms with Crippen LogP contribution in [0.2, 0.25) is 5.02 Å². The molecule has 2 N–H and O–H groups in total. The maximum atomic E-state index is 11.2. The average molecular weight is 242 g/mol. The van der Waals surface area contributed by atoms with Gasteiger partial charge in [-0.1, -0.05) is 23.7 Å². The highest BCUT2D eigenvalue weighted by atomic mass is 35.5. The van der Waals surface area contributed by atoms with E-state index in [2.05, 4.69) is 5.32 Å². The molecule has 0 bridgehead atoms. The third kappa shape index (κ3) is 1.99. The van der Waals surface area contributed by atoms with Crippen LogP contribution in [-0.4, -0.2) is 29.8 Å². The molecule has 4 nitrogen and oxygen atoms in total. The lowest BCUT2D eigenvalue weighted by Crippen LogP contribution is -2.46. The van der Waals surface area contributed by atoms with Crippen molar-refractivity contribution in [2.75, 3.05) is 13.1 Å². The molecule has 1 aliphatic rings. The molecule has 86 valence electrons. The first-order valence-corrected chi connectivity index (χ1v) is 5.39. The minimum atomic E-state index is -1.19. The van der Waals surface area contributed by atoms with Crippen LogP contribution in [0.3, 0.4) is 0 Å². The van der Waals surface area contributed by atoms with Crippen LogP contribution in [0.15, 0.2) is 24.3 Å². The van der Waals surface area contributed by atoms with E-state index in [9.17, 15) is 9.90 Å². The first-order chi connectivity index (χ1) is 7.64.